The molecule has 0 unspecified atom stereocenters. The number of nitrogens with two attached hydrogens (primary N) is 2. The molecule has 0 aliphatic rings. The Kier molecular flexibility index (Phi) is 10.1. The number of amides is 2. The maximum atomic E-state index is 12.1. The van der Waals surface area contributed by atoms with Gasteiger partial charge >= 0.3 is 18.5 Å². The molecule has 6 N–H and O–H groups in total. The number of alkyl carbamates (subject to hydrolysis) is 2. The van der Waals surface area contributed by atoms with Crippen LogP contribution in [0, 0.1) is 23.7 Å². The molecule has 8 heteroatoms. The predicted octanol–water partition coefficient (Wildman–Crippen LogP) is 2.11. The third kappa shape index (κ3) is 8.80. The minimum atomic E-state index is -1.42. The van der Waals surface area contributed by atoms with Crippen molar-refractivity contribution >= 4 is 12.2 Å². The Labute approximate surface area is 187 Å². The Morgan fingerprint density at radius 3 is 1.56 bits per heavy atom. The highest BCUT2D eigenvalue weighted by atomic mass is 16.7. The fourth-order valence-electron chi connectivity index (χ4n) is 2.45. The van der Waals surface area contributed by atoms with Gasteiger partial charge in [-0.25, -0.2) is 9.59 Å². The average molecular weight is 434 g/mol. The first-order valence-electron chi connectivity index (χ1n) is 9.91. The molecule has 0 saturated heterocycles. The first-order valence-corrected chi connectivity index (χ1v) is 9.91. The van der Waals surface area contributed by atoms with E-state index in [1.54, 1.807) is 6.92 Å². The van der Waals surface area contributed by atoms with E-state index in [1.165, 1.54) is 0 Å². The summed E-state index contributed by atoms with van der Waals surface area (Å²) in [5.74, 6) is 10.1. The van der Waals surface area contributed by atoms with Crippen LogP contribution in [0.2, 0.25) is 0 Å². The molecule has 0 bridgehead atoms. The molecule has 2 aromatic rings. The van der Waals surface area contributed by atoms with Gasteiger partial charge in [-0.1, -0.05) is 54.5 Å². The van der Waals surface area contributed by atoms with Gasteiger partial charge in [0.25, 0.3) is 0 Å². The monoisotopic (exact) mass is 434 g/mol. The van der Waals surface area contributed by atoms with Crippen LogP contribution in [0.5, 0.6) is 0 Å². The van der Waals surface area contributed by atoms with E-state index in [4.69, 9.17) is 20.9 Å². The van der Waals surface area contributed by atoms with Crippen LogP contribution in [-0.2, 0) is 35.7 Å². The molecule has 0 fully saturated rings. The standard InChI is InChI=1S/C24H26N4O4/c1-2-3-4-5-22(31-23(29)27-16-20-10-6-18(14-25)7-11-20)32-24(30)28-17-21-12-8-19(15-26)9-13-21/h6-13,22H,14-17,25-26H2,1H3,(H,27,29)(H,28,30). The summed E-state index contributed by atoms with van der Waals surface area (Å²) < 4.78 is 10.2. The zero-order valence-electron chi connectivity index (χ0n) is 17.8. The fraction of sp³-hybridized carbons (Fsp3) is 0.250. The second kappa shape index (κ2) is 13.3. The molecule has 0 aliphatic carbocycles. The summed E-state index contributed by atoms with van der Waals surface area (Å²) in [6, 6.07) is 14.9. The van der Waals surface area contributed by atoms with Crippen molar-refractivity contribution in [2.75, 3.05) is 0 Å². The summed E-state index contributed by atoms with van der Waals surface area (Å²) in [6.07, 6.45) is -3.00. The quantitative estimate of drug-likeness (QED) is 0.372. The SMILES string of the molecule is CC#CC#CC(OC(=O)NCc1ccc(CN)cc1)OC(=O)NCc1ccc(CN)cc1. The zero-order chi connectivity index (χ0) is 23.2. The van der Waals surface area contributed by atoms with Gasteiger partial charge in [0.15, 0.2) is 0 Å². The van der Waals surface area contributed by atoms with Crippen LogP contribution in [0.15, 0.2) is 48.5 Å². The van der Waals surface area contributed by atoms with E-state index in [0.29, 0.717) is 13.1 Å². The number of carbonyl (C=O) groups excluding carboxylic acids is 2. The first kappa shape index (κ1) is 24.3. The third-order valence-electron chi connectivity index (χ3n) is 4.20. The fourth-order valence-corrected chi connectivity index (χ4v) is 2.45. The summed E-state index contributed by atoms with van der Waals surface area (Å²) in [5.41, 5.74) is 14.8. The molecule has 0 aromatic heterocycles. The van der Waals surface area contributed by atoms with Crippen LogP contribution in [-0.4, -0.2) is 18.5 Å². The number of hydrogen-bond acceptors (Lipinski definition) is 6. The van der Waals surface area contributed by atoms with E-state index in [9.17, 15) is 9.59 Å². The second-order valence-electron chi connectivity index (χ2n) is 6.54. The van der Waals surface area contributed by atoms with E-state index < -0.39 is 18.5 Å². The van der Waals surface area contributed by atoms with Crippen molar-refractivity contribution in [1.82, 2.24) is 10.6 Å². The normalized spacial score (nSPS) is 9.62. The Morgan fingerprint density at radius 2 is 1.19 bits per heavy atom. The first-order chi connectivity index (χ1) is 15.5. The molecular weight excluding hydrogens is 408 g/mol. The topological polar surface area (TPSA) is 129 Å². The molecule has 32 heavy (non-hydrogen) atoms. The van der Waals surface area contributed by atoms with Crippen molar-refractivity contribution in [2.45, 2.75) is 39.4 Å². The van der Waals surface area contributed by atoms with Crippen molar-refractivity contribution in [3.05, 3.63) is 70.8 Å². The molecule has 0 heterocycles. The Balaban J connectivity index is 1.88. The molecule has 2 amide bonds. The lowest BCUT2D eigenvalue weighted by molar-refractivity contribution is -0.0229. The molecule has 2 aromatic carbocycles. The van der Waals surface area contributed by atoms with Gasteiger partial charge < -0.3 is 31.6 Å². The number of nitrogens with one attached hydrogen (secondary N) is 2. The number of ether oxygens (including phenoxy) is 2. The highest BCUT2D eigenvalue weighted by Gasteiger charge is 2.16. The zero-order valence-corrected chi connectivity index (χ0v) is 17.8. The van der Waals surface area contributed by atoms with Gasteiger partial charge in [-0.3, -0.25) is 0 Å². The minimum Gasteiger partial charge on any atom is -0.397 e. The highest BCUT2D eigenvalue weighted by Crippen LogP contribution is 2.05. The van der Waals surface area contributed by atoms with E-state index in [-0.39, 0.29) is 13.1 Å². The molecule has 0 atom stereocenters. The smallest absolute Gasteiger partial charge is 0.397 e. The maximum absolute atomic E-state index is 12.1. The highest BCUT2D eigenvalue weighted by molar-refractivity contribution is 5.70. The van der Waals surface area contributed by atoms with E-state index >= 15 is 0 Å². The molecule has 2 rings (SSSR count). The summed E-state index contributed by atoms with van der Waals surface area (Å²) >= 11 is 0. The van der Waals surface area contributed by atoms with Crippen LogP contribution in [0.3, 0.4) is 0 Å². The van der Waals surface area contributed by atoms with Gasteiger partial charge in [-0.05, 0) is 46.9 Å². The Hall–Kier alpha value is -3.98. The molecule has 8 nitrogen and oxygen atoms in total. The molecule has 0 spiro atoms. The van der Waals surface area contributed by atoms with Crippen LogP contribution < -0.4 is 22.1 Å². The van der Waals surface area contributed by atoms with Gasteiger partial charge in [0.1, 0.15) is 0 Å². The lowest BCUT2D eigenvalue weighted by atomic mass is 10.1. The minimum absolute atomic E-state index is 0.226. The summed E-state index contributed by atoms with van der Waals surface area (Å²) in [4.78, 5) is 24.2. The summed E-state index contributed by atoms with van der Waals surface area (Å²) in [7, 11) is 0. The van der Waals surface area contributed by atoms with E-state index in [1.807, 2.05) is 48.5 Å². The lowest BCUT2D eigenvalue weighted by Crippen LogP contribution is -2.34. The molecular formula is C24H26N4O4. The lowest BCUT2D eigenvalue weighted by Gasteiger charge is -2.14. The molecule has 0 saturated carbocycles. The largest absolute Gasteiger partial charge is 0.411 e. The van der Waals surface area contributed by atoms with E-state index in [2.05, 4.69) is 34.3 Å². The molecule has 0 radical (unpaired) electrons. The third-order valence-corrected chi connectivity index (χ3v) is 4.20. The van der Waals surface area contributed by atoms with Crippen molar-refractivity contribution in [3.63, 3.8) is 0 Å². The van der Waals surface area contributed by atoms with Crippen molar-refractivity contribution < 1.29 is 19.1 Å². The van der Waals surface area contributed by atoms with Crippen LogP contribution in [0.4, 0.5) is 9.59 Å². The Bertz CT molecular complexity index is 947. The van der Waals surface area contributed by atoms with Gasteiger partial charge in [0, 0.05) is 26.2 Å². The molecule has 0 aliphatic heterocycles. The van der Waals surface area contributed by atoms with Crippen LogP contribution in [0.1, 0.15) is 29.2 Å². The summed E-state index contributed by atoms with van der Waals surface area (Å²) in [5, 5.41) is 5.16. The van der Waals surface area contributed by atoms with Crippen LogP contribution >= 0.6 is 0 Å². The number of hydrogen-bond donors (Lipinski definition) is 4. The number of carbonyl (C=O) groups is 2. The van der Waals surface area contributed by atoms with Crippen molar-refractivity contribution in [1.29, 1.82) is 0 Å². The second-order valence-corrected chi connectivity index (χ2v) is 6.54. The van der Waals surface area contributed by atoms with E-state index in [0.717, 1.165) is 22.3 Å². The van der Waals surface area contributed by atoms with Gasteiger partial charge in [0.05, 0.1) is 0 Å². The molecule has 166 valence electrons. The van der Waals surface area contributed by atoms with Gasteiger partial charge in [-0.2, -0.15) is 0 Å². The maximum Gasteiger partial charge on any atom is 0.411 e. The summed E-state index contributed by atoms with van der Waals surface area (Å²) in [6.45, 7) is 2.94. The predicted molar refractivity (Wildman–Crippen MR) is 120 cm³/mol. The van der Waals surface area contributed by atoms with Crippen molar-refractivity contribution in [2.24, 2.45) is 11.5 Å². The van der Waals surface area contributed by atoms with Crippen molar-refractivity contribution in [3.8, 4) is 23.7 Å². The number of rotatable bonds is 8. The van der Waals surface area contributed by atoms with Crippen LogP contribution in [0.25, 0.3) is 0 Å². The Morgan fingerprint density at radius 1 is 0.781 bits per heavy atom. The van der Waals surface area contributed by atoms with Gasteiger partial charge in [-0.15, -0.1) is 0 Å². The average Bonchev–Trinajstić information content (AvgIpc) is 2.82. The number of benzene rings is 2. The van der Waals surface area contributed by atoms with Gasteiger partial charge in [0.2, 0.25) is 0 Å².